The number of hydrogen-bond donors (Lipinski definition) is 1. The highest BCUT2D eigenvalue weighted by molar-refractivity contribution is 7.16. The van der Waals surface area contributed by atoms with Crippen LogP contribution in [-0.2, 0) is 6.18 Å². The Bertz CT molecular complexity index is 715. The molecule has 1 N–H and O–H groups in total. The lowest BCUT2D eigenvalue weighted by Crippen LogP contribution is -2.45. The Hall–Kier alpha value is -0.500. The molecule has 0 spiro atoms. The van der Waals surface area contributed by atoms with E-state index in [0.29, 0.717) is 17.4 Å². The van der Waals surface area contributed by atoms with Crippen LogP contribution in [0.25, 0.3) is 0 Å². The lowest BCUT2D eigenvalue weighted by Gasteiger charge is -2.35. The summed E-state index contributed by atoms with van der Waals surface area (Å²) >= 11 is 13.2. The number of nitrogens with zero attached hydrogens (tertiary/aromatic N) is 1. The van der Waals surface area contributed by atoms with Gasteiger partial charge in [0.25, 0.3) is 0 Å². The molecule has 2 aromatic rings. The van der Waals surface area contributed by atoms with E-state index in [0.717, 1.165) is 24.0 Å². The molecule has 25 heavy (non-hydrogen) atoms. The van der Waals surface area contributed by atoms with Crippen molar-refractivity contribution in [3.8, 4) is 0 Å². The SMILES string of the molecule is Cl.FC(F)(F)c1cc(Cl)ccc1[C@@H](c1ccc(Cl)s1)N1CCNCC1. The Morgan fingerprint density at radius 2 is 1.76 bits per heavy atom. The monoisotopic (exact) mass is 430 g/mol. The third-order valence-corrected chi connectivity index (χ3v) is 5.51. The summed E-state index contributed by atoms with van der Waals surface area (Å²) in [5.74, 6) is 0. The molecule has 0 amide bonds. The molecular weight excluding hydrogens is 416 g/mol. The van der Waals surface area contributed by atoms with Gasteiger partial charge in [0.1, 0.15) is 0 Å². The molecule has 1 fully saturated rings. The molecule has 0 radical (unpaired) electrons. The molecule has 1 aliphatic rings. The van der Waals surface area contributed by atoms with Crippen LogP contribution in [0.2, 0.25) is 9.36 Å². The van der Waals surface area contributed by atoms with Crippen molar-refractivity contribution in [3.63, 3.8) is 0 Å². The normalized spacial score (nSPS) is 17.2. The maximum Gasteiger partial charge on any atom is 0.416 e. The molecule has 0 bridgehead atoms. The summed E-state index contributed by atoms with van der Waals surface area (Å²) in [6, 6.07) is 7.02. The number of halogens is 6. The van der Waals surface area contributed by atoms with Crippen LogP contribution in [0.4, 0.5) is 13.2 Å². The molecule has 0 aliphatic carbocycles. The van der Waals surface area contributed by atoms with E-state index in [-0.39, 0.29) is 23.0 Å². The van der Waals surface area contributed by atoms with Gasteiger partial charge in [0.05, 0.1) is 15.9 Å². The first-order chi connectivity index (χ1) is 11.4. The predicted octanol–water partition coefficient (Wildman–Crippen LogP) is 5.49. The molecule has 1 aromatic heterocycles. The van der Waals surface area contributed by atoms with E-state index in [4.69, 9.17) is 23.2 Å². The Kier molecular flexibility index (Phi) is 7.04. The summed E-state index contributed by atoms with van der Waals surface area (Å²) in [5.41, 5.74) is -0.477. The highest BCUT2D eigenvalue weighted by Gasteiger charge is 2.38. The van der Waals surface area contributed by atoms with Gasteiger partial charge in [-0.25, -0.2) is 0 Å². The van der Waals surface area contributed by atoms with Crippen molar-refractivity contribution in [2.24, 2.45) is 0 Å². The zero-order valence-electron chi connectivity index (χ0n) is 12.9. The maximum absolute atomic E-state index is 13.6. The Morgan fingerprint density at radius 3 is 2.32 bits per heavy atom. The lowest BCUT2D eigenvalue weighted by atomic mass is 9.96. The first-order valence-electron chi connectivity index (χ1n) is 7.43. The second-order valence-electron chi connectivity index (χ2n) is 5.56. The second-order valence-corrected chi connectivity index (χ2v) is 7.74. The minimum atomic E-state index is -4.46. The summed E-state index contributed by atoms with van der Waals surface area (Å²) in [4.78, 5) is 2.85. The van der Waals surface area contributed by atoms with Crippen LogP contribution in [0.5, 0.6) is 0 Å². The van der Waals surface area contributed by atoms with Gasteiger partial charge in [-0.3, -0.25) is 4.90 Å². The average molecular weight is 432 g/mol. The van der Waals surface area contributed by atoms with Crippen LogP contribution in [0.15, 0.2) is 30.3 Å². The predicted molar refractivity (Wildman–Crippen MR) is 99.3 cm³/mol. The summed E-state index contributed by atoms with van der Waals surface area (Å²) in [5, 5.41) is 3.30. The van der Waals surface area contributed by atoms with Gasteiger partial charge in [-0.1, -0.05) is 29.3 Å². The molecular formula is C16H16Cl3F3N2S. The van der Waals surface area contributed by atoms with Crippen molar-refractivity contribution < 1.29 is 13.2 Å². The first kappa shape index (κ1) is 20.8. The summed E-state index contributed by atoms with van der Waals surface area (Å²) in [7, 11) is 0. The minimum Gasteiger partial charge on any atom is -0.314 e. The number of alkyl halides is 3. The van der Waals surface area contributed by atoms with Crippen molar-refractivity contribution in [2.75, 3.05) is 26.2 Å². The summed E-state index contributed by atoms with van der Waals surface area (Å²) in [6.07, 6.45) is -4.46. The second kappa shape index (κ2) is 8.46. The molecule has 1 saturated heterocycles. The highest BCUT2D eigenvalue weighted by Crippen LogP contribution is 2.42. The molecule has 1 aromatic carbocycles. The Labute approximate surface area is 164 Å². The first-order valence-corrected chi connectivity index (χ1v) is 9.00. The number of piperazine rings is 1. The molecule has 0 unspecified atom stereocenters. The minimum absolute atomic E-state index is 0. The fraction of sp³-hybridized carbons (Fsp3) is 0.375. The van der Waals surface area contributed by atoms with Gasteiger partial charge >= 0.3 is 6.18 Å². The van der Waals surface area contributed by atoms with Crippen molar-refractivity contribution in [2.45, 2.75) is 12.2 Å². The third kappa shape index (κ3) is 4.81. The quantitative estimate of drug-likeness (QED) is 0.691. The largest absolute Gasteiger partial charge is 0.416 e. The number of rotatable bonds is 3. The zero-order chi connectivity index (χ0) is 17.3. The van der Waals surface area contributed by atoms with E-state index in [9.17, 15) is 13.2 Å². The van der Waals surface area contributed by atoms with Gasteiger partial charge in [0, 0.05) is 36.1 Å². The van der Waals surface area contributed by atoms with E-state index in [1.807, 2.05) is 0 Å². The fourth-order valence-corrected chi connectivity index (χ4v) is 4.35. The molecule has 1 aliphatic heterocycles. The molecule has 2 nitrogen and oxygen atoms in total. The number of thiophene rings is 1. The number of hydrogen-bond acceptors (Lipinski definition) is 3. The summed E-state index contributed by atoms with van der Waals surface area (Å²) < 4.78 is 41.3. The van der Waals surface area contributed by atoms with Crippen LogP contribution in [0.3, 0.4) is 0 Å². The smallest absolute Gasteiger partial charge is 0.314 e. The van der Waals surface area contributed by atoms with Crippen LogP contribution < -0.4 is 5.32 Å². The molecule has 0 saturated carbocycles. The molecule has 1 atom stereocenters. The van der Waals surface area contributed by atoms with Gasteiger partial charge in [0.15, 0.2) is 0 Å². The van der Waals surface area contributed by atoms with Crippen molar-refractivity contribution in [1.82, 2.24) is 10.2 Å². The number of benzene rings is 1. The van der Waals surface area contributed by atoms with Crippen molar-refractivity contribution in [3.05, 3.63) is 55.7 Å². The van der Waals surface area contributed by atoms with Gasteiger partial charge in [-0.15, -0.1) is 23.7 Å². The van der Waals surface area contributed by atoms with Crippen LogP contribution in [0, 0.1) is 0 Å². The van der Waals surface area contributed by atoms with Crippen LogP contribution in [0.1, 0.15) is 22.0 Å². The highest BCUT2D eigenvalue weighted by atomic mass is 35.5. The van der Waals surface area contributed by atoms with Crippen LogP contribution >= 0.6 is 46.9 Å². The zero-order valence-corrected chi connectivity index (χ0v) is 16.1. The Morgan fingerprint density at radius 1 is 1.08 bits per heavy atom. The van der Waals surface area contributed by atoms with E-state index < -0.39 is 17.8 Å². The van der Waals surface area contributed by atoms with E-state index in [1.165, 1.54) is 23.5 Å². The molecule has 138 valence electrons. The Balaban J connectivity index is 0.00000225. The summed E-state index contributed by atoms with van der Waals surface area (Å²) in [6.45, 7) is 2.81. The number of nitrogens with one attached hydrogen (secondary N) is 1. The van der Waals surface area contributed by atoms with Crippen molar-refractivity contribution >= 4 is 46.9 Å². The standard InChI is InChI=1S/C16H15Cl2F3N2S.ClH/c17-10-1-2-11(12(9-10)16(19,20)21)15(13-3-4-14(18)24-13)23-7-5-22-6-8-23;/h1-4,9,15,22H,5-8H2;1H/t15-;/m0./s1. The van der Waals surface area contributed by atoms with Gasteiger partial charge in [0.2, 0.25) is 0 Å². The van der Waals surface area contributed by atoms with E-state index >= 15 is 0 Å². The van der Waals surface area contributed by atoms with E-state index in [2.05, 4.69) is 10.2 Å². The average Bonchev–Trinajstić information content (AvgIpc) is 2.95. The van der Waals surface area contributed by atoms with Crippen LogP contribution in [-0.4, -0.2) is 31.1 Å². The third-order valence-electron chi connectivity index (χ3n) is 4.00. The van der Waals surface area contributed by atoms with Gasteiger partial charge in [-0.2, -0.15) is 13.2 Å². The van der Waals surface area contributed by atoms with Crippen molar-refractivity contribution in [1.29, 1.82) is 0 Å². The topological polar surface area (TPSA) is 15.3 Å². The lowest BCUT2D eigenvalue weighted by molar-refractivity contribution is -0.138. The maximum atomic E-state index is 13.6. The van der Waals surface area contributed by atoms with Gasteiger partial charge < -0.3 is 5.32 Å². The van der Waals surface area contributed by atoms with E-state index in [1.54, 1.807) is 12.1 Å². The molecule has 3 rings (SSSR count). The fourth-order valence-electron chi connectivity index (χ4n) is 2.96. The molecule has 2 heterocycles. The van der Waals surface area contributed by atoms with Gasteiger partial charge in [-0.05, 0) is 29.8 Å². The molecule has 9 heteroatoms.